The van der Waals surface area contributed by atoms with Crippen molar-refractivity contribution in [3.05, 3.63) is 30.2 Å². The number of nitrogens with one attached hydrogen (secondary N) is 3. The second kappa shape index (κ2) is 9.65. The summed E-state index contributed by atoms with van der Waals surface area (Å²) >= 11 is 0. The molecule has 2 aromatic heterocycles. The highest BCUT2D eigenvalue weighted by molar-refractivity contribution is 5.81. The quantitative estimate of drug-likeness (QED) is 0.338. The second-order valence-electron chi connectivity index (χ2n) is 6.23. The Labute approximate surface area is 158 Å². The standard InChI is InChI=1S/C18H25N7O2/c1-2-19-18(23-12-11-21-16(26)13-6-7-13)22-10-8-15-24-17(27-25-15)14-5-3-4-9-20-14/h3-5,9,13H,2,6-8,10-12H2,1H3,(H,21,26)(H2,19,22,23). The van der Waals surface area contributed by atoms with Gasteiger partial charge in [-0.3, -0.25) is 14.8 Å². The molecule has 0 radical (unpaired) electrons. The topological polar surface area (TPSA) is 117 Å². The smallest absolute Gasteiger partial charge is 0.276 e. The van der Waals surface area contributed by atoms with Crippen LogP contribution < -0.4 is 16.0 Å². The Morgan fingerprint density at radius 2 is 2.11 bits per heavy atom. The molecule has 1 fully saturated rings. The molecular formula is C18H25N7O2. The van der Waals surface area contributed by atoms with Gasteiger partial charge >= 0.3 is 0 Å². The van der Waals surface area contributed by atoms with E-state index in [0.717, 1.165) is 19.4 Å². The van der Waals surface area contributed by atoms with Crippen molar-refractivity contribution in [1.82, 2.24) is 31.1 Å². The minimum Gasteiger partial charge on any atom is -0.357 e. The van der Waals surface area contributed by atoms with Crippen molar-refractivity contribution in [3.63, 3.8) is 0 Å². The van der Waals surface area contributed by atoms with Crippen LogP contribution in [0.1, 0.15) is 25.6 Å². The van der Waals surface area contributed by atoms with Gasteiger partial charge in [-0.1, -0.05) is 11.2 Å². The van der Waals surface area contributed by atoms with Crippen LogP contribution in [0.15, 0.2) is 33.9 Å². The lowest BCUT2D eigenvalue weighted by atomic mass is 10.3. The van der Waals surface area contributed by atoms with E-state index in [4.69, 9.17) is 4.52 Å². The number of nitrogens with zero attached hydrogens (tertiary/aromatic N) is 4. The molecule has 27 heavy (non-hydrogen) atoms. The van der Waals surface area contributed by atoms with Crippen molar-refractivity contribution in [2.24, 2.45) is 10.9 Å². The number of rotatable bonds is 9. The van der Waals surface area contributed by atoms with E-state index < -0.39 is 0 Å². The molecule has 0 aliphatic heterocycles. The third kappa shape index (κ3) is 6.05. The lowest BCUT2D eigenvalue weighted by Gasteiger charge is -2.11. The van der Waals surface area contributed by atoms with Gasteiger partial charge in [-0.15, -0.1) is 0 Å². The molecule has 3 rings (SSSR count). The van der Waals surface area contributed by atoms with Gasteiger partial charge in [-0.05, 0) is 31.9 Å². The first-order chi connectivity index (χ1) is 13.3. The van der Waals surface area contributed by atoms with Gasteiger partial charge in [0, 0.05) is 44.7 Å². The Balaban J connectivity index is 1.42. The first-order valence-corrected chi connectivity index (χ1v) is 9.30. The van der Waals surface area contributed by atoms with Crippen LogP contribution in [0.25, 0.3) is 11.6 Å². The van der Waals surface area contributed by atoms with Crippen molar-refractivity contribution >= 4 is 11.9 Å². The fourth-order valence-electron chi connectivity index (χ4n) is 2.41. The Morgan fingerprint density at radius 3 is 2.85 bits per heavy atom. The molecule has 0 spiro atoms. The number of amides is 1. The molecule has 0 aromatic carbocycles. The molecular weight excluding hydrogens is 346 g/mol. The van der Waals surface area contributed by atoms with Gasteiger partial charge in [0.1, 0.15) is 5.69 Å². The average molecular weight is 371 g/mol. The Hall–Kier alpha value is -2.97. The van der Waals surface area contributed by atoms with Crippen LogP contribution in [0.5, 0.6) is 0 Å². The van der Waals surface area contributed by atoms with E-state index in [2.05, 4.69) is 36.1 Å². The SMILES string of the molecule is CCNC(=NCCc1noc(-c2ccccn2)n1)NCCNC(=O)C1CC1. The number of aliphatic imine (C=N–C) groups is 1. The molecule has 3 N–H and O–H groups in total. The van der Waals surface area contributed by atoms with Crippen LogP contribution in [-0.4, -0.2) is 53.2 Å². The molecule has 0 bridgehead atoms. The summed E-state index contributed by atoms with van der Waals surface area (Å²) in [6.07, 6.45) is 4.28. The molecule has 0 unspecified atom stereocenters. The molecule has 144 valence electrons. The monoisotopic (exact) mass is 371 g/mol. The Kier molecular flexibility index (Phi) is 6.72. The van der Waals surface area contributed by atoms with Crippen LogP contribution in [0.4, 0.5) is 0 Å². The molecule has 1 aliphatic carbocycles. The van der Waals surface area contributed by atoms with Crippen molar-refractivity contribution < 1.29 is 9.32 Å². The third-order valence-electron chi connectivity index (χ3n) is 3.97. The summed E-state index contributed by atoms with van der Waals surface area (Å²) in [5.41, 5.74) is 0.656. The van der Waals surface area contributed by atoms with Crippen molar-refractivity contribution in [3.8, 4) is 11.6 Å². The molecule has 9 nitrogen and oxygen atoms in total. The lowest BCUT2D eigenvalue weighted by Crippen LogP contribution is -2.41. The summed E-state index contributed by atoms with van der Waals surface area (Å²) in [4.78, 5) is 24.6. The van der Waals surface area contributed by atoms with E-state index in [0.29, 0.717) is 49.4 Å². The molecule has 9 heteroatoms. The zero-order valence-corrected chi connectivity index (χ0v) is 15.4. The first-order valence-electron chi connectivity index (χ1n) is 9.30. The number of carbonyl (C=O) groups excluding carboxylic acids is 1. The number of guanidine groups is 1. The summed E-state index contributed by atoms with van der Waals surface area (Å²) in [5, 5.41) is 13.3. The summed E-state index contributed by atoms with van der Waals surface area (Å²) in [6.45, 7) is 4.48. The minimum atomic E-state index is 0.152. The molecule has 1 saturated carbocycles. The predicted octanol–water partition coefficient (Wildman–Crippen LogP) is 0.755. The zero-order chi connectivity index (χ0) is 18.9. The highest BCUT2D eigenvalue weighted by Gasteiger charge is 2.28. The van der Waals surface area contributed by atoms with E-state index in [1.807, 2.05) is 25.1 Å². The first kappa shape index (κ1) is 18.8. The van der Waals surface area contributed by atoms with E-state index in [-0.39, 0.29) is 11.8 Å². The number of hydrogen-bond acceptors (Lipinski definition) is 6. The lowest BCUT2D eigenvalue weighted by molar-refractivity contribution is -0.122. The van der Waals surface area contributed by atoms with E-state index in [1.54, 1.807) is 6.20 Å². The van der Waals surface area contributed by atoms with Crippen LogP contribution in [0.2, 0.25) is 0 Å². The van der Waals surface area contributed by atoms with Gasteiger partial charge in [0.05, 0.1) is 0 Å². The molecule has 0 saturated heterocycles. The van der Waals surface area contributed by atoms with Crippen molar-refractivity contribution in [2.75, 3.05) is 26.2 Å². The maximum absolute atomic E-state index is 11.6. The van der Waals surface area contributed by atoms with Crippen LogP contribution in [-0.2, 0) is 11.2 Å². The van der Waals surface area contributed by atoms with Gasteiger partial charge in [0.2, 0.25) is 5.91 Å². The Morgan fingerprint density at radius 1 is 1.26 bits per heavy atom. The number of aromatic nitrogens is 3. The fraction of sp³-hybridized carbons (Fsp3) is 0.500. The van der Waals surface area contributed by atoms with Gasteiger partial charge in [0.15, 0.2) is 11.8 Å². The third-order valence-corrected chi connectivity index (χ3v) is 3.97. The number of pyridine rings is 1. The highest BCUT2D eigenvalue weighted by atomic mass is 16.5. The molecule has 1 amide bonds. The van der Waals surface area contributed by atoms with Gasteiger partial charge < -0.3 is 20.5 Å². The van der Waals surface area contributed by atoms with E-state index >= 15 is 0 Å². The highest BCUT2D eigenvalue weighted by Crippen LogP contribution is 2.28. The van der Waals surface area contributed by atoms with Crippen LogP contribution >= 0.6 is 0 Å². The summed E-state index contributed by atoms with van der Waals surface area (Å²) in [6, 6.07) is 5.53. The van der Waals surface area contributed by atoms with Gasteiger partial charge in [-0.2, -0.15) is 4.98 Å². The largest absolute Gasteiger partial charge is 0.357 e. The van der Waals surface area contributed by atoms with E-state index in [9.17, 15) is 4.79 Å². The predicted molar refractivity (Wildman–Crippen MR) is 101 cm³/mol. The molecule has 0 atom stereocenters. The zero-order valence-electron chi connectivity index (χ0n) is 15.4. The molecule has 1 aliphatic rings. The molecule has 2 aromatic rings. The molecule has 2 heterocycles. The van der Waals surface area contributed by atoms with Crippen molar-refractivity contribution in [1.29, 1.82) is 0 Å². The fourth-order valence-corrected chi connectivity index (χ4v) is 2.41. The normalized spacial score (nSPS) is 14.0. The number of carbonyl (C=O) groups is 1. The summed E-state index contributed by atoms with van der Waals surface area (Å²) < 4.78 is 5.24. The maximum Gasteiger partial charge on any atom is 0.276 e. The Bertz CT molecular complexity index is 756. The van der Waals surface area contributed by atoms with Gasteiger partial charge in [0.25, 0.3) is 5.89 Å². The van der Waals surface area contributed by atoms with Crippen molar-refractivity contribution in [2.45, 2.75) is 26.2 Å². The number of hydrogen-bond donors (Lipinski definition) is 3. The summed E-state index contributed by atoms with van der Waals surface area (Å²) in [7, 11) is 0. The van der Waals surface area contributed by atoms with Crippen LogP contribution in [0.3, 0.4) is 0 Å². The maximum atomic E-state index is 11.6. The van der Waals surface area contributed by atoms with E-state index in [1.165, 1.54) is 0 Å². The van der Waals surface area contributed by atoms with Crippen LogP contribution in [0, 0.1) is 5.92 Å². The van der Waals surface area contributed by atoms with Gasteiger partial charge in [-0.25, -0.2) is 0 Å². The average Bonchev–Trinajstić information content (AvgIpc) is 3.44. The summed E-state index contributed by atoms with van der Waals surface area (Å²) in [5.74, 6) is 2.09. The second-order valence-corrected chi connectivity index (χ2v) is 6.23. The minimum absolute atomic E-state index is 0.152.